The normalized spacial score (nSPS) is 23.6. The zero-order valence-corrected chi connectivity index (χ0v) is 11.8. The zero-order valence-electron chi connectivity index (χ0n) is 11.8. The van der Waals surface area contributed by atoms with Crippen molar-refractivity contribution in [2.75, 3.05) is 26.2 Å². The molecule has 0 atom stereocenters. The molecule has 2 fully saturated rings. The van der Waals surface area contributed by atoms with E-state index in [1.807, 2.05) is 12.4 Å². The minimum atomic E-state index is 0.856. The molecular formula is C16H25N3. The molecule has 3 heteroatoms. The number of piperidine rings is 2. The summed E-state index contributed by atoms with van der Waals surface area (Å²) >= 11 is 0. The molecule has 0 aromatic carbocycles. The Bertz CT molecular complexity index is 365. The number of pyridine rings is 1. The van der Waals surface area contributed by atoms with E-state index in [9.17, 15) is 0 Å². The molecule has 0 radical (unpaired) electrons. The van der Waals surface area contributed by atoms with Gasteiger partial charge in [0, 0.05) is 25.0 Å². The summed E-state index contributed by atoms with van der Waals surface area (Å²) in [6.07, 6.45) is 10.8. The molecule has 0 unspecified atom stereocenters. The average Bonchev–Trinajstić information content (AvgIpc) is 2.50. The van der Waals surface area contributed by atoms with E-state index in [2.05, 4.69) is 26.9 Å². The Kier molecular flexibility index (Phi) is 4.46. The SMILES string of the molecule is c1cc(CN2CCC(N3CCCCC3)CC2)ccn1. The van der Waals surface area contributed by atoms with Crippen LogP contribution in [0.4, 0.5) is 0 Å². The number of hydrogen-bond donors (Lipinski definition) is 0. The maximum atomic E-state index is 4.09. The van der Waals surface area contributed by atoms with E-state index in [-0.39, 0.29) is 0 Å². The van der Waals surface area contributed by atoms with Crippen molar-refractivity contribution in [2.24, 2.45) is 0 Å². The predicted octanol–water partition coefficient (Wildman–Crippen LogP) is 2.53. The van der Waals surface area contributed by atoms with Crippen molar-refractivity contribution in [3.8, 4) is 0 Å². The van der Waals surface area contributed by atoms with Gasteiger partial charge in [0.05, 0.1) is 0 Å². The first-order valence-electron chi connectivity index (χ1n) is 7.77. The topological polar surface area (TPSA) is 19.4 Å². The lowest BCUT2D eigenvalue weighted by Gasteiger charge is -2.40. The molecule has 2 aliphatic heterocycles. The van der Waals surface area contributed by atoms with Crippen LogP contribution >= 0.6 is 0 Å². The highest BCUT2D eigenvalue weighted by molar-refractivity contribution is 5.09. The second-order valence-corrected chi connectivity index (χ2v) is 5.96. The summed E-state index contributed by atoms with van der Waals surface area (Å²) in [6.45, 7) is 6.28. The second kappa shape index (κ2) is 6.49. The Labute approximate surface area is 116 Å². The van der Waals surface area contributed by atoms with Gasteiger partial charge in [-0.1, -0.05) is 6.42 Å². The van der Waals surface area contributed by atoms with Gasteiger partial charge in [0.15, 0.2) is 0 Å². The summed E-state index contributed by atoms with van der Waals surface area (Å²) in [5.74, 6) is 0. The number of likely N-dealkylation sites (tertiary alicyclic amines) is 2. The van der Waals surface area contributed by atoms with Gasteiger partial charge in [0.2, 0.25) is 0 Å². The molecule has 2 aliphatic rings. The van der Waals surface area contributed by atoms with Crippen LogP contribution in [-0.2, 0) is 6.54 Å². The standard InChI is InChI=1S/C16H25N3/c1-2-10-19(11-3-1)16-6-12-18(13-7-16)14-15-4-8-17-9-5-15/h4-5,8-9,16H,1-3,6-7,10-14H2. The first-order chi connectivity index (χ1) is 9.42. The molecule has 0 spiro atoms. The van der Waals surface area contributed by atoms with Gasteiger partial charge in [0.1, 0.15) is 0 Å². The Morgan fingerprint density at radius 1 is 0.947 bits per heavy atom. The highest BCUT2D eigenvalue weighted by Crippen LogP contribution is 2.21. The summed E-state index contributed by atoms with van der Waals surface area (Å²) in [4.78, 5) is 9.42. The van der Waals surface area contributed by atoms with Crippen molar-refractivity contribution in [1.29, 1.82) is 0 Å². The average molecular weight is 259 g/mol. The van der Waals surface area contributed by atoms with E-state index in [4.69, 9.17) is 0 Å². The quantitative estimate of drug-likeness (QED) is 0.831. The first kappa shape index (κ1) is 13.1. The van der Waals surface area contributed by atoms with Gasteiger partial charge in [-0.25, -0.2) is 0 Å². The molecular weight excluding hydrogens is 234 g/mol. The fourth-order valence-corrected chi connectivity index (χ4v) is 3.47. The van der Waals surface area contributed by atoms with Crippen LogP contribution in [-0.4, -0.2) is 47.0 Å². The Morgan fingerprint density at radius 3 is 2.32 bits per heavy atom. The van der Waals surface area contributed by atoms with Crippen LogP contribution in [0.5, 0.6) is 0 Å². The van der Waals surface area contributed by atoms with Crippen LogP contribution in [0.1, 0.15) is 37.7 Å². The fraction of sp³-hybridized carbons (Fsp3) is 0.688. The molecule has 3 rings (SSSR count). The molecule has 0 aliphatic carbocycles. The third-order valence-electron chi connectivity index (χ3n) is 4.62. The number of rotatable bonds is 3. The maximum absolute atomic E-state index is 4.09. The van der Waals surface area contributed by atoms with E-state index in [1.54, 1.807) is 0 Å². The minimum absolute atomic E-state index is 0.856. The van der Waals surface area contributed by atoms with Gasteiger partial charge in [-0.2, -0.15) is 0 Å². The van der Waals surface area contributed by atoms with Crippen LogP contribution in [0.3, 0.4) is 0 Å². The third-order valence-corrected chi connectivity index (χ3v) is 4.62. The monoisotopic (exact) mass is 259 g/mol. The van der Waals surface area contributed by atoms with Crippen LogP contribution in [0.2, 0.25) is 0 Å². The van der Waals surface area contributed by atoms with E-state index in [0.717, 1.165) is 12.6 Å². The lowest BCUT2D eigenvalue weighted by atomic mass is 9.99. The highest BCUT2D eigenvalue weighted by atomic mass is 15.2. The van der Waals surface area contributed by atoms with Crippen LogP contribution in [0.15, 0.2) is 24.5 Å². The molecule has 0 amide bonds. The molecule has 104 valence electrons. The van der Waals surface area contributed by atoms with E-state index < -0.39 is 0 Å². The molecule has 19 heavy (non-hydrogen) atoms. The number of aromatic nitrogens is 1. The van der Waals surface area contributed by atoms with Crippen LogP contribution < -0.4 is 0 Å². The maximum Gasteiger partial charge on any atom is 0.0271 e. The van der Waals surface area contributed by atoms with Crippen LogP contribution in [0, 0.1) is 0 Å². The highest BCUT2D eigenvalue weighted by Gasteiger charge is 2.25. The lowest BCUT2D eigenvalue weighted by Crippen LogP contribution is -2.46. The van der Waals surface area contributed by atoms with Crippen molar-refractivity contribution in [3.05, 3.63) is 30.1 Å². The predicted molar refractivity (Wildman–Crippen MR) is 78.0 cm³/mol. The van der Waals surface area contributed by atoms with E-state index in [1.165, 1.54) is 63.8 Å². The van der Waals surface area contributed by atoms with Crippen molar-refractivity contribution in [3.63, 3.8) is 0 Å². The minimum Gasteiger partial charge on any atom is -0.300 e. The number of hydrogen-bond acceptors (Lipinski definition) is 3. The lowest BCUT2D eigenvalue weighted by molar-refractivity contribution is 0.0896. The molecule has 0 bridgehead atoms. The van der Waals surface area contributed by atoms with Crippen LogP contribution in [0.25, 0.3) is 0 Å². The summed E-state index contributed by atoms with van der Waals surface area (Å²) in [5.41, 5.74) is 1.39. The smallest absolute Gasteiger partial charge is 0.0271 e. The van der Waals surface area contributed by atoms with E-state index >= 15 is 0 Å². The van der Waals surface area contributed by atoms with Crippen molar-refractivity contribution >= 4 is 0 Å². The summed E-state index contributed by atoms with van der Waals surface area (Å²) < 4.78 is 0. The molecule has 0 N–H and O–H groups in total. The second-order valence-electron chi connectivity index (χ2n) is 5.96. The van der Waals surface area contributed by atoms with Gasteiger partial charge in [-0.05, 0) is 69.6 Å². The first-order valence-corrected chi connectivity index (χ1v) is 7.77. The largest absolute Gasteiger partial charge is 0.300 e. The molecule has 3 heterocycles. The Hall–Kier alpha value is -0.930. The zero-order chi connectivity index (χ0) is 12.9. The molecule has 1 aromatic rings. The Balaban J connectivity index is 1.46. The molecule has 0 saturated carbocycles. The van der Waals surface area contributed by atoms with Gasteiger partial charge in [0.25, 0.3) is 0 Å². The number of nitrogens with zero attached hydrogens (tertiary/aromatic N) is 3. The summed E-state index contributed by atoms with van der Waals surface area (Å²) in [7, 11) is 0. The van der Waals surface area contributed by atoms with Crippen molar-refractivity contribution in [1.82, 2.24) is 14.8 Å². The van der Waals surface area contributed by atoms with E-state index in [0.29, 0.717) is 0 Å². The van der Waals surface area contributed by atoms with Crippen molar-refractivity contribution in [2.45, 2.75) is 44.7 Å². The summed E-state index contributed by atoms with van der Waals surface area (Å²) in [5, 5.41) is 0. The van der Waals surface area contributed by atoms with Gasteiger partial charge >= 0.3 is 0 Å². The molecule has 1 aromatic heterocycles. The van der Waals surface area contributed by atoms with Gasteiger partial charge in [-0.3, -0.25) is 9.88 Å². The molecule has 2 saturated heterocycles. The van der Waals surface area contributed by atoms with Gasteiger partial charge < -0.3 is 4.90 Å². The fourth-order valence-electron chi connectivity index (χ4n) is 3.47. The van der Waals surface area contributed by atoms with Crippen molar-refractivity contribution < 1.29 is 0 Å². The third kappa shape index (κ3) is 3.54. The van der Waals surface area contributed by atoms with Gasteiger partial charge in [-0.15, -0.1) is 0 Å². The molecule has 3 nitrogen and oxygen atoms in total. The Morgan fingerprint density at radius 2 is 1.63 bits per heavy atom. The summed E-state index contributed by atoms with van der Waals surface area (Å²) in [6, 6.07) is 5.13.